The van der Waals surface area contributed by atoms with Gasteiger partial charge in [0.2, 0.25) is 0 Å². The summed E-state index contributed by atoms with van der Waals surface area (Å²) in [4.78, 5) is 4.30. The standard InChI is InChI=1S/C30H17N3O/c31-18-25-19(11-7-15-32-25)20-8-1-4-12-26(20)33-27-13-5-2-9-21(27)23-16-24-22-10-3-6-14-29(22)34-30(24)17-28(23)33/h1-17H. The van der Waals surface area contributed by atoms with Crippen LogP contribution in [0.4, 0.5) is 0 Å². The zero-order chi connectivity index (χ0) is 22.6. The Kier molecular flexibility index (Phi) is 3.88. The molecule has 7 rings (SSSR count). The van der Waals surface area contributed by atoms with Crippen molar-refractivity contribution in [3.05, 3.63) is 109 Å². The number of hydrogen-bond donors (Lipinski definition) is 0. The number of para-hydroxylation sites is 3. The van der Waals surface area contributed by atoms with Gasteiger partial charge in [-0.05, 0) is 36.4 Å². The lowest BCUT2D eigenvalue weighted by atomic mass is 10.0. The SMILES string of the molecule is N#Cc1ncccc1-c1ccccc1-n1c2ccccc2c2cc3c(cc21)oc1ccccc13. The summed E-state index contributed by atoms with van der Waals surface area (Å²) in [5.74, 6) is 0. The average Bonchev–Trinajstić information content (AvgIpc) is 3.42. The van der Waals surface area contributed by atoms with Crippen molar-refractivity contribution in [3.63, 3.8) is 0 Å². The largest absolute Gasteiger partial charge is 0.456 e. The van der Waals surface area contributed by atoms with Crippen molar-refractivity contribution >= 4 is 43.7 Å². The molecule has 4 aromatic carbocycles. The highest BCUT2D eigenvalue weighted by molar-refractivity contribution is 6.17. The molecule has 34 heavy (non-hydrogen) atoms. The van der Waals surface area contributed by atoms with E-state index in [4.69, 9.17) is 4.42 Å². The number of nitriles is 1. The predicted molar refractivity (Wildman–Crippen MR) is 136 cm³/mol. The number of aromatic nitrogens is 2. The van der Waals surface area contributed by atoms with E-state index in [9.17, 15) is 5.26 Å². The highest BCUT2D eigenvalue weighted by Crippen LogP contribution is 2.40. The van der Waals surface area contributed by atoms with Crippen LogP contribution in [0.5, 0.6) is 0 Å². The van der Waals surface area contributed by atoms with Crippen LogP contribution >= 0.6 is 0 Å². The Hall–Kier alpha value is -4.88. The molecule has 0 unspecified atom stereocenters. The van der Waals surface area contributed by atoms with Gasteiger partial charge in [0.05, 0.1) is 16.7 Å². The zero-order valence-corrected chi connectivity index (χ0v) is 18.1. The summed E-state index contributed by atoms with van der Waals surface area (Å²) in [6.45, 7) is 0. The van der Waals surface area contributed by atoms with Gasteiger partial charge in [-0.25, -0.2) is 4.98 Å². The summed E-state index contributed by atoms with van der Waals surface area (Å²) >= 11 is 0. The monoisotopic (exact) mass is 435 g/mol. The first kappa shape index (κ1) is 18.7. The van der Waals surface area contributed by atoms with Gasteiger partial charge < -0.3 is 8.98 Å². The molecule has 158 valence electrons. The molecule has 0 atom stereocenters. The molecule has 0 spiro atoms. The van der Waals surface area contributed by atoms with E-state index in [-0.39, 0.29) is 0 Å². The minimum absolute atomic E-state index is 0.412. The number of pyridine rings is 1. The summed E-state index contributed by atoms with van der Waals surface area (Å²) in [6, 6.07) is 35.2. The van der Waals surface area contributed by atoms with E-state index in [0.717, 1.165) is 55.2 Å². The smallest absolute Gasteiger partial charge is 0.148 e. The van der Waals surface area contributed by atoms with Crippen LogP contribution in [0.15, 0.2) is 108 Å². The molecule has 3 aromatic heterocycles. The summed E-state index contributed by atoms with van der Waals surface area (Å²) in [6.07, 6.45) is 1.66. The number of rotatable bonds is 2. The lowest BCUT2D eigenvalue weighted by Crippen LogP contribution is -1.98. The van der Waals surface area contributed by atoms with Crippen LogP contribution in [-0.2, 0) is 0 Å². The Labute approximate surface area is 194 Å². The highest BCUT2D eigenvalue weighted by atomic mass is 16.3. The van der Waals surface area contributed by atoms with Gasteiger partial charge >= 0.3 is 0 Å². The quantitative estimate of drug-likeness (QED) is 0.281. The Bertz CT molecular complexity index is 1930. The van der Waals surface area contributed by atoms with Crippen LogP contribution in [0.3, 0.4) is 0 Å². The Morgan fingerprint density at radius 3 is 2.32 bits per heavy atom. The van der Waals surface area contributed by atoms with Gasteiger partial charge in [0, 0.05) is 44.9 Å². The van der Waals surface area contributed by atoms with E-state index in [2.05, 4.69) is 64.2 Å². The molecular weight excluding hydrogens is 418 g/mol. The van der Waals surface area contributed by atoms with E-state index >= 15 is 0 Å². The number of benzene rings is 4. The topological polar surface area (TPSA) is 54.8 Å². The second kappa shape index (κ2) is 7.06. The maximum Gasteiger partial charge on any atom is 0.148 e. The van der Waals surface area contributed by atoms with Gasteiger partial charge in [-0.1, -0.05) is 54.6 Å². The fraction of sp³-hybridized carbons (Fsp3) is 0. The Morgan fingerprint density at radius 2 is 1.41 bits per heavy atom. The molecule has 4 nitrogen and oxygen atoms in total. The molecule has 0 aliphatic carbocycles. The van der Waals surface area contributed by atoms with Gasteiger partial charge in [0.15, 0.2) is 0 Å². The maximum absolute atomic E-state index is 9.70. The lowest BCUT2D eigenvalue weighted by molar-refractivity contribution is 0.669. The van der Waals surface area contributed by atoms with Crippen molar-refractivity contribution < 1.29 is 4.42 Å². The molecule has 0 fully saturated rings. The van der Waals surface area contributed by atoms with Crippen molar-refractivity contribution in [1.29, 1.82) is 5.26 Å². The normalized spacial score (nSPS) is 11.5. The predicted octanol–water partition coefficient (Wildman–Crippen LogP) is 7.62. The first-order chi connectivity index (χ1) is 16.8. The van der Waals surface area contributed by atoms with Crippen molar-refractivity contribution in [3.8, 4) is 22.9 Å². The molecule has 0 radical (unpaired) electrons. The average molecular weight is 435 g/mol. The third-order valence-corrected chi connectivity index (χ3v) is 6.52. The van der Waals surface area contributed by atoms with Crippen LogP contribution in [0.1, 0.15) is 5.69 Å². The number of nitrogens with zero attached hydrogens (tertiary/aromatic N) is 3. The number of hydrogen-bond acceptors (Lipinski definition) is 3. The van der Waals surface area contributed by atoms with Crippen LogP contribution in [0, 0.1) is 11.3 Å². The third-order valence-electron chi connectivity index (χ3n) is 6.52. The van der Waals surface area contributed by atoms with E-state index in [1.54, 1.807) is 6.20 Å². The van der Waals surface area contributed by atoms with E-state index < -0.39 is 0 Å². The molecule has 7 aromatic rings. The molecule has 0 aliphatic rings. The lowest BCUT2D eigenvalue weighted by Gasteiger charge is -2.14. The van der Waals surface area contributed by atoms with E-state index in [1.807, 2.05) is 48.5 Å². The molecule has 0 saturated carbocycles. The van der Waals surface area contributed by atoms with Gasteiger partial charge in [-0.2, -0.15) is 5.26 Å². The summed E-state index contributed by atoms with van der Waals surface area (Å²) < 4.78 is 8.50. The number of fused-ring (bicyclic) bond motifs is 6. The van der Waals surface area contributed by atoms with E-state index in [1.165, 1.54) is 5.39 Å². The summed E-state index contributed by atoms with van der Waals surface area (Å²) in [5.41, 5.74) is 7.08. The van der Waals surface area contributed by atoms with Crippen molar-refractivity contribution in [2.24, 2.45) is 0 Å². The van der Waals surface area contributed by atoms with E-state index in [0.29, 0.717) is 5.69 Å². The Balaban J connectivity index is 1.63. The minimum Gasteiger partial charge on any atom is -0.456 e. The molecule has 3 heterocycles. The van der Waals surface area contributed by atoms with Gasteiger partial charge in [-0.3, -0.25) is 0 Å². The zero-order valence-electron chi connectivity index (χ0n) is 18.1. The van der Waals surface area contributed by atoms with Crippen molar-refractivity contribution in [2.45, 2.75) is 0 Å². The molecule has 0 saturated heterocycles. The second-order valence-electron chi connectivity index (χ2n) is 8.34. The molecule has 0 bridgehead atoms. The maximum atomic E-state index is 9.70. The third kappa shape index (κ3) is 2.55. The first-order valence-electron chi connectivity index (χ1n) is 11.1. The molecule has 0 aliphatic heterocycles. The Morgan fingerprint density at radius 1 is 0.647 bits per heavy atom. The van der Waals surface area contributed by atoms with Crippen LogP contribution in [-0.4, -0.2) is 9.55 Å². The van der Waals surface area contributed by atoms with Crippen LogP contribution in [0.25, 0.3) is 60.6 Å². The van der Waals surface area contributed by atoms with Crippen molar-refractivity contribution in [1.82, 2.24) is 9.55 Å². The second-order valence-corrected chi connectivity index (χ2v) is 8.34. The fourth-order valence-electron chi connectivity index (χ4n) is 5.06. The molecule has 0 N–H and O–H groups in total. The first-order valence-corrected chi connectivity index (χ1v) is 11.1. The van der Waals surface area contributed by atoms with Crippen LogP contribution < -0.4 is 0 Å². The summed E-state index contributed by atoms with van der Waals surface area (Å²) in [7, 11) is 0. The van der Waals surface area contributed by atoms with Crippen LogP contribution in [0.2, 0.25) is 0 Å². The van der Waals surface area contributed by atoms with Gasteiger partial charge in [-0.15, -0.1) is 0 Å². The minimum atomic E-state index is 0.412. The molecule has 4 heteroatoms. The highest BCUT2D eigenvalue weighted by Gasteiger charge is 2.19. The molecular formula is C30H17N3O. The molecule has 0 amide bonds. The number of furan rings is 1. The van der Waals surface area contributed by atoms with Gasteiger partial charge in [0.1, 0.15) is 22.9 Å². The fourth-order valence-corrected chi connectivity index (χ4v) is 5.06. The van der Waals surface area contributed by atoms with Crippen molar-refractivity contribution in [2.75, 3.05) is 0 Å². The van der Waals surface area contributed by atoms with Gasteiger partial charge in [0.25, 0.3) is 0 Å². The summed E-state index contributed by atoms with van der Waals surface area (Å²) in [5, 5.41) is 14.3.